The van der Waals surface area contributed by atoms with Gasteiger partial charge in [-0.05, 0) is 0 Å². The van der Waals surface area contributed by atoms with E-state index in [0.717, 1.165) is 6.42 Å². The predicted molar refractivity (Wildman–Crippen MR) is 76.7 cm³/mol. The van der Waals surface area contributed by atoms with Crippen LogP contribution in [0.2, 0.25) is 0 Å². The van der Waals surface area contributed by atoms with Gasteiger partial charge in [0.15, 0.2) is 5.69 Å². The number of ether oxygens (including phenoxy) is 2. The molecule has 7 nitrogen and oxygen atoms in total. The van der Waals surface area contributed by atoms with Crippen LogP contribution >= 0.6 is 0 Å². The molecule has 0 radical (unpaired) electrons. The van der Waals surface area contributed by atoms with Gasteiger partial charge >= 0.3 is 5.97 Å². The van der Waals surface area contributed by atoms with Gasteiger partial charge in [0, 0.05) is 32.6 Å². The first kappa shape index (κ1) is 15.7. The number of aromatic carboxylic acids is 1. The molecule has 0 spiro atoms. The standard InChI is InChI=1S/C14H21N3O4/c1-9(2)12-15-6-10(11(17-12)13(18)19)16-7-14(20-3)4-5-21-8-14/h6,9,16H,4-5,7-8H2,1-3H3,(H,18,19). The Kier molecular flexibility index (Phi) is 4.74. The van der Waals surface area contributed by atoms with Crippen molar-refractivity contribution in [1.29, 1.82) is 0 Å². The first-order chi connectivity index (χ1) is 9.97. The summed E-state index contributed by atoms with van der Waals surface area (Å²) in [5.41, 5.74) is -0.0407. The summed E-state index contributed by atoms with van der Waals surface area (Å²) < 4.78 is 10.9. The molecule has 0 saturated carbocycles. The van der Waals surface area contributed by atoms with Crippen molar-refractivity contribution >= 4 is 11.7 Å². The molecule has 0 aromatic carbocycles. The lowest BCUT2D eigenvalue weighted by molar-refractivity contribution is -0.00623. The number of nitrogens with one attached hydrogen (secondary N) is 1. The molecule has 21 heavy (non-hydrogen) atoms. The number of carbonyl (C=O) groups is 1. The van der Waals surface area contributed by atoms with E-state index in [9.17, 15) is 9.90 Å². The van der Waals surface area contributed by atoms with Crippen molar-refractivity contribution in [2.45, 2.75) is 31.8 Å². The summed E-state index contributed by atoms with van der Waals surface area (Å²) in [4.78, 5) is 19.7. The summed E-state index contributed by atoms with van der Waals surface area (Å²) in [7, 11) is 1.63. The zero-order valence-electron chi connectivity index (χ0n) is 12.5. The molecule has 0 bridgehead atoms. The normalized spacial score (nSPS) is 21.7. The summed E-state index contributed by atoms with van der Waals surface area (Å²) >= 11 is 0. The van der Waals surface area contributed by atoms with Gasteiger partial charge in [0.1, 0.15) is 11.4 Å². The molecule has 2 rings (SSSR count). The largest absolute Gasteiger partial charge is 0.476 e. The van der Waals surface area contributed by atoms with Crippen molar-refractivity contribution in [3.8, 4) is 0 Å². The SMILES string of the molecule is COC1(CNc2cnc(C(C)C)nc2C(=O)O)CCOC1. The number of rotatable bonds is 6. The van der Waals surface area contributed by atoms with Crippen molar-refractivity contribution in [3.05, 3.63) is 17.7 Å². The smallest absolute Gasteiger partial charge is 0.356 e. The van der Waals surface area contributed by atoms with E-state index in [-0.39, 0.29) is 11.6 Å². The molecule has 1 fully saturated rings. The summed E-state index contributed by atoms with van der Waals surface area (Å²) in [5.74, 6) is -0.481. The van der Waals surface area contributed by atoms with Gasteiger partial charge in [-0.15, -0.1) is 0 Å². The van der Waals surface area contributed by atoms with Crippen molar-refractivity contribution in [3.63, 3.8) is 0 Å². The van der Waals surface area contributed by atoms with E-state index in [1.807, 2.05) is 13.8 Å². The van der Waals surface area contributed by atoms with Crippen LogP contribution in [0, 0.1) is 0 Å². The van der Waals surface area contributed by atoms with E-state index in [2.05, 4.69) is 15.3 Å². The monoisotopic (exact) mass is 295 g/mol. The van der Waals surface area contributed by atoms with Gasteiger partial charge in [0.2, 0.25) is 0 Å². The minimum atomic E-state index is -1.07. The molecular weight excluding hydrogens is 274 g/mol. The van der Waals surface area contributed by atoms with Gasteiger partial charge < -0.3 is 19.9 Å². The van der Waals surface area contributed by atoms with Gasteiger partial charge in [-0.3, -0.25) is 0 Å². The summed E-state index contributed by atoms with van der Waals surface area (Å²) in [6, 6.07) is 0. The maximum atomic E-state index is 11.4. The lowest BCUT2D eigenvalue weighted by Crippen LogP contribution is -2.40. The Hall–Kier alpha value is -1.73. The van der Waals surface area contributed by atoms with E-state index in [0.29, 0.717) is 31.3 Å². The third kappa shape index (κ3) is 3.48. The minimum Gasteiger partial charge on any atom is -0.476 e. The molecule has 1 aromatic heterocycles. The molecule has 1 aromatic rings. The maximum Gasteiger partial charge on any atom is 0.356 e. The second-order valence-corrected chi connectivity index (χ2v) is 5.49. The quantitative estimate of drug-likeness (QED) is 0.821. The topological polar surface area (TPSA) is 93.6 Å². The van der Waals surface area contributed by atoms with Gasteiger partial charge in [-0.2, -0.15) is 0 Å². The average molecular weight is 295 g/mol. The lowest BCUT2D eigenvalue weighted by Gasteiger charge is -2.26. The van der Waals surface area contributed by atoms with Crippen molar-refractivity contribution in [2.24, 2.45) is 0 Å². The van der Waals surface area contributed by atoms with Crippen LogP contribution in [0.1, 0.15) is 42.5 Å². The van der Waals surface area contributed by atoms with Crippen LogP contribution in [-0.2, 0) is 9.47 Å². The number of hydrogen-bond acceptors (Lipinski definition) is 6. The Morgan fingerprint density at radius 1 is 1.62 bits per heavy atom. The Morgan fingerprint density at radius 3 is 2.90 bits per heavy atom. The molecule has 2 N–H and O–H groups in total. The lowest BCUT2D eigenvalue weighted by atomic mass is 10.0. The van der Waals surface area contributed by atoms with Crippen molar-refractivity contribution in [1.82, 2.24) is 9.97 Å². The number of carboxylic acids is 1. The van der Waals surface area contributed by atoms with Gasteiger partial charge in [-0.1, -0.05) is 13.8 Å². The number of methoxy groups -OCH3 is 1. The zero-order chi connectivity index (χ0) is 15.5. The van der Waals surface area contributed by atoms with Gasteiger partial charge in [0.05, 0.1) is 18.5 Å². The molecule has 116 valence electrons. The highest BCUT2D eigenvalue weighted by molar-refractivity contribution is 5.91. The Morgan fingerprint density at radius 2 is 2.38 bits per heavy atom. The van der Waals surface area contributed by atoms with Crippen LogP contribution in [0.25, 0.3) is 0 Å². The second kappa shape index (κ2) is 6.36. The highest BCUT2D eigenvalue weighted by atomic mass is 16.5. The van der Waals surface area contributed by atoms with Crippen LogP contribution < -0.4 is 5.32 Å². The predicted octanol–water partition coefficient (Wildman–Crippen LogP) is 1.52. The fraction of sp³-hybridized carbons (Fsp3) is 0.643. The molecule has 1 saturated heterocycles. The summed E-state index contributed by atoms with van der Waals surface area (Å²) in [6.07, 6.45) is 2.29. The Labute approximate surface area is 123 Å². The van der Waals surface area contributed by atoms with Crippen LogP contribution in [0.3, 0.4) is 0 Å². The summed E-state index contributed by atoms with van der Waals surface area (Å²) in [6.45, 7) is 5.43. The number of carboxylic acid groups (broad SMARTS) is 1. The van der Waals surface area contributed by atoms with Crippen LogP contribution in [0.5, 0.6) is 0 Å². The van der Waals surface area contributed by atoms with E-state index < -0.39 is 11.6 Å². The molecule has 1 aliphatic heterocycles. The number of nitrogens with zero attached hydrogens (tertiary/aromatic N) is 2. The molecule has 1 unspecified atom stereocenters. The van der Waals surface area contributed by atoms with Crippen molar-refractivity contribution < 1.29 is 19.4 Å². The van der Waals surface area contributed by atoms with Gasteiger partial charge in [-0.25, -0.2) is 14.8 Å². The molecule has 2 heterocycles. The van der Waals surface area contributed by atoms with Crippen LogP contribution in [0.15, 0.2) is 6.20 Å². The summed E-state index contributed by atoms with van der Waals surface area (Å²) in [5, 5.41) is 12.4. The third-order valence-electron chi connectivity index (χ3n) is 3.63. The Bertz CT molecular complexity index is 513. The molecule has 0 aliphatic carbocycles. The van der Waals surface area contributed by atoms with E-state index in [4.69, 9.17) is 9.47 Å². The molecule has 1 aliphatic rings. The van der Waals surface area contributed by atoms with E-state index in [1.165, 1.54) is 6.20 Å². The fourth-order valence-corrected chi connectivity index (χ4v) is 2.18. The third-order valence-corrected chi connectivity index (χ3v) is 3.63. The zero-order valence-corrected chi connectivity index (χ0v) is 12.5. The second-order valence-electron chi connectivity index (χ2n) is 5.49. The highest BCUT2D eigenvalue weighted by Gasteiger charge is 2.35. The highest BCUT2D eigenvalue weighted by Crippen LogP contribution is 2.24. The van der Waals surface area contributed by atoms with E-state index in [1.54, 1.807) is 7.11 Å². The van der Waals surface area contributed by atoms with Crippen molar-refractivity contribution in [2.75, 3.05) is 32.2 Å². The van der Waals surface area contributed by atoms with E-state index >= 15 is 0 Å². The van der Waals surface area contributed by atoms with Gasteiger partial charge in [0.25, 0.3) is 0 Å². The molecule has 1 atom stereocenters. The van der Waals surface area contributed by atoms with Crippen LogP contribution in [-0.4, -0.2) is 53.5 Å². The maximum absolute atomic E-state index is 11.4. The molecule has 0 amide bonds. The number of anilines is 1. The Balaban J connectivity index is 2.17. The average Bonchev–Trinajstić information content (AvgIpc) is 2.94. The molecular formula is C14H21N3O4. The number of aromatic nitrogens is 2. The van der Waals surface area contributed by atoms with Crippen LogP contribution in [0.4, 0.5) is 5.69 Å². The molecule has 7 heteroatoms. The fourth-order valence-electron chi connectivity index (χ4n) is 2.18. The minimum absolute atomic E-state index is 0.0149. The first-order valence-electron chi connectivity index (χ1n) is 6.94. The first-order valence-corrected chi connectivity index (χ1v) is 6.94. The number of hydrogen-bond donors (Lipinski definition) is 2.